The van der Waals surface area contributed by atoms with Crippen molar-refractivity contribution in [3.8, 4) is 0 Å². The average Bonchev–Trinajstić information content (AvgIpc) is 3.51. The number of rotatable bonds is 8. The number of carbonyl (C=O) groups is 1. The Kier molecular flexibility index (Phi) is 7.16. The molecule has 1 unspecified atom stereocenters. The molecule has 0 aliphatic carbocycles. The zero-order chi connectivity index (χ0) is 21.8. The van der Waals surface area contributed by atoms with E-state index >= 15 is 0 Å². The zero-order valence-electron chi connectivity index (χ0n) is 16.7. The second-order valence-corrected chi connectivity index (χ2v) is 10.8. The van der Waals surface area contributed by atoms with Crippen LogP contribution in [-0.4, -0.2) is 38.3 Å². The Balaban J connectivity index is 1.46. The van der Waals surface area contributed by atoms with Crippen LogP contribution in [0, 0.1) is 0 Å². The highest BCUT2D eigenvalue weighted by atomic mass is 35.5. The molecule has 2 aromatic heterocycles. The number of halogens is 1. The molecule has 1 amide bonds. The third kappa shape index (κ3) is 5.60. The molecule has 0 fully saturated rings. The van der Waals surface area contributed by atoms with Gasteiger partial charge in [0.1, 0.15) is 11.8 Å². The maximum atomic E-state index is 13.1. The van der Waals surface area contributed by atoms with Crippen LogP contribution in [0.5, 0.6) is 0 Å². The number of amides is 1. The van der Waals surface area contributed by atoms with Crippen molar-refractivity contribution in [3.63, 3.8) is 0 Å². The summed E-state index contributed by atoms with van der Waals surface area (Å²) in [5, 5.41) is 15.2. The van der Waals surface area contributed by atoms with Gasteiger partial charge in [-0.05, 0) is 36.8 Å². The summed E-state index contributed by atoms with van der Waals surface area (Å²) in [6.07, 6.45) is 2.18. The first kappa shape index (κ1) is 22.1. The molecule has 1 aliphatic rings. The Bertz CT molecular complexity index is 1100. The maximum Gasteiger partial charge on any atom is 0.253 e. The first-order valence-corrected chi connectivity index (χ1v) is 12.6. The molecule has 0 spiro atoms. The third-order valence-corrected chi connectivity index (χ3v) is 8.02. The van der Waals surface area contributed by atoms with Crippen LogP contribution in [0.4, 0.5) is 0 Å². The van der Waals surface area contributed by atoms with Crippen LogP contribution in [0.25, 0.3) is 0 Å². The first-order valence-electron chi connectivity index (χ1n) is 9.42. The lowest BCUT2D eigenvalue weighted by Crippen LogP contribution is -2.28. The molecule has 0 saturated carbocycles. The highest BCUT2D eigenvalue weighted by Gasteiger charge is 2.34. The van der Waals surface area contributed by atoms with Gasteiger partial charge < -0.3 is 4.42 Å². The quantitative estimate of drug-likeness (QED) is 0.288. The van der Waals surface area contributed by atoms with E-state index in [9.17, 15) is 4.79 Å². The predicted molar refractivity (Wildman–Crippen MR) is 127 cm³/mol. The van der Waals surface area contributed by atoms with Gasteiger partial charge in [0.15, 0.2) is 8.68 Å². The number of furan rings is 1. The predicted octanol–water partition coefficient (Wildman–Crippen LogP) is 5.92. The van der Waals surface area contributed by atoms with Gasteiger partial charge in [-0.15, -0.1) is 10.2 Å². The van der Waals surface area contributed by atoms with Gasteiger partial charge in [-0.1, -0.05) is 70.7 Å². The summed E-state index contributed by atoms with van der Waals surface area (Å²) in [6.45, 7) is 5.87. The minimum atomic E-state index is -0.273. The number of hydrogen-bond donors (Lipinski definition) is 0. The van der Waals surface area contributed by atoms with E-state index in [-0.39, 0.29) is 17.7 Å². The maximum absolute atomic E-state index is 13.1. The summed E-state index contributed by atoms with van der Waals surface area (Å²) in [5.41, 5.74) is 2.84. The molecule has 31 heavy (non-hydrogen) atoms. The molecular weight excluding hydrogens is 472 g/mol. The smallest absolute Gasteiger partial charge is 0.253 e. The molecule has 10 heteroatoms. The van der Waals surface area contributed by atoms with Crippen molar-refractivity contribution in [2.45, 2.75) is 28.1 Å². The molecule has 0 N–H and O–H groups in total. The van der Waals surface area contributed by atoms with Crippen molar-refractivity contribution in [2.75, 3.05) is 11.5 Å². The van der Waals surface area contributed by atoms with Gasteiger partial charge in [0, 0.05) is 17.2 Å². The van der Waals surface area contributed by atoms with Crippen LogP contribution in [0.2, 0.25) is 5.02 Å². The normalized spacial score (nSPS) is 15.9. The van der Waals surface area contributed by atoms with E-state index in [1.807, 2.05) is 43.3 Å². The molecule has 1 atom stereocenters. The zero-order valence-corrected chi connectivity index (χ0v) is 19.9. The van der Waals surface area contributed by atoms with E-state index in [0.717, 1.165) is 31.3 Å². The Morgan fingerprint density at radius 1 is 1.23 bits per heavy atom. The van der Waals surface area contributed by atoms with Crippen LogP contribution in [0.3, 0.4) is 0 Å². The van der Waals surface area contributed by atoms with Crippen LogP contribution >= 0.6 is 46.5 Å². The van der Waals surface area contributed by atoms with Crippen molar-refractivity contribution in [1.82, 2.24) is 15.2 Å². The Labute approximate surface area is 197 Å². The summed E-state index contributed by atoms with van der Waals surface area (Å²) < 4.78 is 7.22. The fourth-order valence-electron chi connectivity index (χ4n) is 2.95. The summed E-state index contributed by atoms with van der Waals surface area (Å²) >= 11 is 10.5. The number of benzene rings is 1. The van der Waals surface area contributed by atoms with E-state index in [1.54, 1.807) is 18.0 Å². The molecule has 1 aliphatic heterocycles. The van der Waals surface area contributed by atoms with Gasteiger partial charge in [0.25, 0.3) is 5.91 Å². The first-order chi connectivity index (χ1) is 15.0. The Hall–Kier alpha value is -2.07. The summed E-state index contributed by atoms with van der Waals surface area (Å²) in [7, 11) is 0. The van der Waals surface area contributed by atoms with Gasteiger partial charge in [-0.3, -0.25) is 4.79 Å². The highest BCUT2D eigenvalue weighted by Crippen LogP contribution is 2.35. The highest BCUT2D eigenvalue weighted by molar-refractivity contribution is 8.03. The van der Waals surface area contributed by atoms with E-state index < -0.39 is 0 Å². The summed E-state index contributed by atoms with van der Waals surface area (Å²) in [6, 6.07) is 10.9. The second-order valence-electron chi connectivity index (χ2n) is 6.90. The lowest BCUT2D eigenvalue weighted by molar-refractivity contribution is -0.130. The van der Waals surface area contributed by atoms with E-state index in [4.69, 9.17) is 16.0 Å². The topological polar surface area (TPSA) is 71.6 Å². The molecule has 0 saturated heterocycles. The minimum absolute atomic E-state index is 0.110. The fraction of sp³-hybridized carbons (Fsp3) is 0.238. The fourth-order valence-corrected chi connectivity index (χ4v) is 5.79. The lowest BCUT2D eigenvalue weighted by atomic mass is 10.0. The molecule has 0 bridgehead atoms. The second kappa shape index (κ2) is 10.0. The van der Waals surface area contributed by atoms with E-state index in [0.29, 0.717) is 17.2 Å². The molecule has 0 radical (unpaired) electrons. The van der Waals surface area contributed by atoms with Gasteiger partial charge in [0.05, 0.1) is 17.7 Å². The molecule has 4 rings (SSSR count). The van der Waals surface area contributed by atoms with Crippen molar-refractivity contribution < 1.29 is 9.21 Å². The van der Waals surface area contributed by atoms with Crippen molar-refractivity contribution in [1.29, 1.82) is 0 Å². The SMILES string of the molecule is C=C(C)CSc1nnc(SCC(=O)N2N=C(c3ccc(Cl)cc3)CC2c2ccco2)s1. The molecule has 3 aromatic rings. The standard InChI is InChI=1S/C21H19ClN4O2S3/c1-13(2)11-29-20-23-24-21(31-20)30-12-19(27)26-17(18-4-3-9-28-18)10-16(25-26)14-5-7-15(22)8-6-14/h3-9,17H,1,10-12H2,2H3. The van der Waals surface area contributed by atoms with Crippen LogP contribution in [0.15, 0.2) is 73.0 Å². The van der Waals surface area contributed by atoms with Gasteiger partial charge in [-0.2, -0.15) is 5.10 Å². The molecule has 6 nitrogen and oxygen atoms in total. The van der Waals surface area contributed by atoms with Gasteiger partial charge in [-0.25, -0.2) is 5.01 Å². The number of hydrogen-bond acceptors (Lipinski definition) is 8. The Morgan fingerprint density at radius 3 is 2.58 bits per heavy atom. The number of aromatic nitrogens is 2. The summed E-state index contributed by atoms with van der Waals surface area (Å²) in [5.74, 6) is 1.62. The molecule has 3 heterocycles. The number of nitrogens with zero attached hydrogens (tertiary/aromatic N) is 4. The van der Waals surface area contributed by atoms with Gasteiger partial charge in [0.2, 0.25) is 0 Å². The van der Waals surface area contributed by atoms with Crippen molar-refractivity contribution in [2.24, 2.45) is 5.10 Å². The monoisotopic (exact) mass is 490 g/mol. The van der Waals surface area contributed by atoms with Crippen LogP contribution < -0.4 is 0 Å². The van der Waals surface area contributed by atoms with Gasteiger partial charge >= 0.3 is 0 Å². The Morgan fingerprint density at radius 2 is 1.94 bits per heavy atom. The molecule has 160 valence electrons. The van der Waals surface area contributed by atoms with Crippen molar-refractivity contribution in [3.05, 3.63) is 71.2 Å². The third-order valence-electron chi connectivity index (χ3n) is 4.36. The number of thioether (sulfide) groups is 2. The van der Waals surface area contributed by atoms with Crippen molar-refractivity contribution >= 4 is 58.1 Å². The largest absolute Gasteiger partial charge is 0.467 e. The molecule has 1 aromatic carbocycles. The van der Waals surface area contributed by atoms with Crippen LogP contribution in [-0.2, 0) is 4.79 Å². The van der Waals surface area contributed by atoms with E-state index in [1.165, 1.54) is 28.1 Å². The number of carbonyl (C=O) groups excluding carboxylic acids is 1. The lowest BCUT2D eigenvalue weighted by Gasteiger charge is -2.19. The minimum Gasteiger partial charge on any atom is -0.467 e. The average molecular weight is 491 g/mol. The number of hydrazone groups is 1. The molecular formula is C21H19ClN4O2S3. The summed E-state index contributed by atoms with van der Waals surface area (Å²) in [4.78, 5) is 13.1. The van der Waals surface area contributed by atoms with Crippen LogP contribution in [0.1, 0.15) is 30.7 Å². The van der Waals surface area contributed by atoms with E-state index in [2.05, 4.69) is 21.9 Å².